The maximum absolute atomic E-state index is 11.9. The van der Waals surface area contributed by atoms with Gasteiger partial charge in [-0.3, -0.25) is 4.79 Å². The maximum Gasteiger partial charge on any atom is 0.237 e. The quantitative estimate of drug-likeness (QED) is 0.603. The van der Waals surface area contributed by atoms with Crippen molar-refractivity contribution in [3.63, 3.8) is 0 Å². The van der Waals surface area contributed by atoms with Gasteiger partial charge in [-0.1, -0.05) is 27.7 Å². The SMILES string of the molecule is CCC(CC)NC(=O)C(C)N[C@H](CO)C(C)C. The lowest BCUT2D eigenvalue weighted by Crippen LogP contribution is -2.51. The van der Waals surface area contributed by atoms with Crippen LogP contribution >= 0.6 is 0 Å². The van der Waals surface area contributed by atoms with Crippen molar-refractivity contribution in [1.29, 1.82) is 0 Å². The standard InChI is InChI=1S/C13H28N2O2/c1-6-11(7-2)15-13(17)10(5)14-12(8-16)9(3)4/h9-12,14,16H,6-8H2,1-5H3,(H,15,17)/t10?,12-/m1/s1. The van der Waals surface area contributed by atoms with E-state index in [0.717, 1.165) is 12.8 Å². The number of hydrogen-bond acceptors (Lipinski definition) is 3. The summed E-state index contributed by atoms with van der Waals surface area (Å²) in [4.78, 5) is 11.9. The zero-order valence-electron chi connectivity index (χ0n) is 11.8. The van der Waals surface area contributed by atoms with E-state index >= 15 is 0 Å². The van der Waals surface area contributed by atoms with E-state index < -0.39 is 0 Å². The summed E-state index contributed by atoms with van der Waals surface area (Å²) in [5, 5.41) is 15.4. The van der Waals surface area contributed by atoms with Gasteiger partial charge in [0.1, 0.15) is 0 Å². The van der Waals surface area contributed by atoms with Gasteiger partial charge in [-0.2, -0.15) is 0 Å². The molecule has 0 fully saturated rings. The lowest BCUT2D eigenvalue weighted by molar-refractivity contribution is -0.123. The van der Waals surface area contributed by atoms with E-state index in [2.05, 4.69) is 24.5 Å². The van der Waals surface area contributed by atoms with Crippen molar-refractivity contribution in [2.24, 2.45) is 5.92 Å². The van der Waals surface area contributed by atoms with Gasteiger partial charge >= 0.3 is 0 Å². The molecule has 0 aromatic carbocycles. The summed E-state index contributed by atoms with van der Waals surface area (Å²) >= 11 is 0. The van der Waals surface area contributed by atoms with Gasteiger partial charge < -0.3 is 15.7 Å². The fraction of sp³-hybridized carbons (Fsp3) is 0.923. The lowest BCUT2D eigenvalue weighted by atomic mass is 10.0. The monoisotopic (exact) mass is 244 g/mol. The van der Waals surface area contributed by atoms with Gasteiger partial charge in [0.15, 0.2) is 0 Å². The Bertz CT molecular complexity index is 215. The number of hydrogen-bond donors (Lipinski definition) is 3. The number of rotatable bonds is 8. The molecule has 0 aliphatic rings. The number of carbonyl (C=O) groups is 1. The molecule has 0 spiro atoms. The van der Waals surface area contributed by atoms with Crippen molar-refractivity contribution < 1.29 is 9.90 Å². The highest BCUT2D eigenvalue weighted by atomic mass is 16.3. The summed E-state index contributed by atoms with van der Waals surface area (Å²) in [6.45, 7) is 10.1. The van der Waals surface area contributed by atoms with Crippen LogP contribution in [0, 0.1) is 5.92 Å². The van der Waals surface area contributed by atoms with E-state index in [0.29, 0.717) is 5.92 Å². The van der Waals surface area contributed by atoms with Crippen molar-refractivity contribution in [2.75, 3.05) is 6.61 Å². The number of carbonyl (C=O) groups excluding carboxylic acids is 1. The van der Waals surface area contributed by atoms with Crippen molar-refractivity contribution in [3.8, 4) is 0 Å². The van der Waals surface area contributed by atoms with Crippen molar-refractivity contribution in [3.05, 3.63) is 0 Å². The molecule has 0 bridgehead atoms. The Morgan fingerprint density at radius 1 is 1.18 bits per heavy atom. The van der Waals surface area contributed by atoms with Gasteiger partial charge in [0, 0.05) is 12.1 Å². The zero-order valence-corrected chi connectivity index (χ0v) is 11.8. The summed E-state index contributed by atoms with van der Waals surface area (Å²) in [5.41, 5.74) is 0. The lowest BCUT2D eigenvalue weighted by Gasteiger charge is -2.25. The predicted molar refractivity (Wildman–Crippen MR) is 70.8 cm³/mol. The molecule has 3 N–H and O–H groups in total. The number of aliphatic hydroxyl groups is 1. The first-order chi connectivity index (χ1) is 7.96. The van der Waals surface area contributed by atoms with Crippen molar-refractivity contribution >= 4 is 5.91 Å². The molecule has 0 aromatic heterocycles. The Balaban J connectivity index is 4.20. The van der Waals surface area contributed by atoms with Crippen LogP contribution in [0.2, 0.25) is 0 Å². The van der Waals surface area contributed by atoms with Gasteiger partial charge in [-0.25, -0.2) is 0 Å². The van der Waals surface area contributed by atoms with Gasteiger partial charge in [0.2, 0.25) is 5.91 Å². The summed E-state index contributed by atoms with van der Waals surface area (Å²) < 4.78 is 0. The minimum atomic E-state index is -0.268. The average Bonchev–Trinajstić information content (AvgIpc) is 2.31. The van der Waals surface area contributed by atoms with Crippen LogP contribution in [0.3, 0.4) is 0 Å². The Kier molecular flexibility index (Phi) is 8.17. The van der Waals surface area contributed by atoms with E-state index in [-0.39, 0.29) is 30.6 Å². The molecule has 1 amide bonds. The summed E-state index contributed by atoms with van der Waals surface area (Å²) in [6, 6.07) is -0.0500. The van der Waals surface area contributed by atoms with Crippen molar-refractivity contribution in [1.82, 2.24) is 10.6 Å². The van der Waals surface area contributed by atoms with E-state index in [4.69, 9.17) is 0 Å². The minimum Gasteiger partial charge on any atom is -0.395 e. The van der Waals surface area contributed by atoms with Crippen LogP contribution in [-0.2, 0) is 4.79 Å². The van der Waals surface area contributed by atoms with Crippen LogP contribution < -0.4 is 10.6 Å². The Morgan fingerprint density at radius 3 is 2.06 bits per heavy atom. The molecule has 4 heteroatoms. The second kappa shape index (κ2) is 8.48. The molecule has 0 aliphatic carbocycles. The molecule has 0 saturated heterocycles. The first-order valence-corrected chi connectivity index (χ1v) is 6.63. The normalized spacial score (nSPS) is 15.1. The van der Waals surface area contributed by atoms with Crippen LogP contribution in [0.1, 0.15) is 47.5 Å². The Hall–Kier alpha value is -0.610. The molecule has 0 aliphatic heterocycles. The van der Waals surface area contributed by atoms with E-state index in [1.165, 1.54) is 0 Å². The Labute approximate surface area is 105 Å². The van der Waals surface area contributed by atoms with E-state index in [1.807, 2.05) is 20.8 Å². The van der Waals surface area contributed by atoms with Gasteiger partial charge in [-0.05, 0) is 25.7 Å². The molecule has 0 heterocycles. The average molecular weight is 244 g/mol. The topological polar surface area (TPSA) is 61.4 Å². The minimum absolute atomic E-state index is 0.0119. The molecule has 0 rings (SSSR count). The second-order valence-corrected chi connectivity index (χ2v) is 4.94. The van der Waals surface area contributed by atoms with Gasteiger partial charge in [0.05, 0.1) is 12.6 Å². The first-order valence-electron chi connectivity index (χ1n) is 6.63. The molecule has 0 aromatic rings. The molecule has 4 nitrogen and oxygen atoms in total. The fourth-order valence-corrected chi connectivity index (χ4v) is 1.67. The Morgan fingerprint density at radius 2 is 1.71 bits per heavy atom. The third-order valence-corrected chi connectivity index (χ3v) is 3.19. The summed E-state index contributed by atoms with van der Waals surface area (Å²) in [5.74, 6) is 0.321. The van der Waals surface area contributed by atoms with Crippen LogP contribution in [0.15, 0.2) is 0 Å². The van der Waals surface area contributed by atoms with Gasteiger partial charge in [-0.15, -0.1) is 0 Å². The third kappa shape index (κ3) is 6.03. The predicted octanol–water partition coefficient (Wildman–Crippen LogP) is 1.29. The summed E-state index contributed by atoms with van der Waals surface area (Å²) in [7, 11) is 0. The van der Waals surface area contributed by atoms with Crippen LogP contribution in [-0.4, -0.2) is 35.7 Å². The van der Waals surface area contributed by atoms with Crippen LogP contribution in [0.25, 0.3) is 0 Å². The number of amides is 1. The molecule has 0 saturated carbocycles. The number of aliphatic hydroxyl groups excluding tert-OH is 1. The van der Waals surface area contributed by atoms with Crippen molar-refractivity contribution in [2.45, 2.75) is 65.6 Å². The maximum atomic E-state index is 11.9. The highest BCUT2D eigenvalue weighted by Gasteiger charge is 2.20. The molecule has 0 radical (unpaired) electrons. The summed E-state index contributed by atoms with van der Waals surface area (Å²) in [6.07, 6.45) is 1.89. The molecule has 2 atom stereocenters. The largest absolute Gasteiger partial charge is 0.395 e. The fourth-order valence-electron chi connectivity index (χ4n) is 1.67. The van der Waals surface area contributed by atoms with Gasteiger partial charge in [0.25, 0.3) is 0 Å². The zero-order chi connectivity index (χ0) is 13.4. The molecule has 102 valence electrons. The molecule has 1 unspecified atom stereocenters. The number of nitrogens with one attached hydrogen (secondary N) is 2. The second-order valence-electron chi connectivity index (χ2n) is 4.94. The smallest absolute Gasteiger partial charge is 0.237 e. The third-order valence-electron chi connectivity index (χ3n) is 3.19. The van der Waals surface area contributed by atoms with E-state index in [1.54, 1.807) is 0 Å². The van der Waals surface area contributed by atoms with Crippen LogP contribution in [0.4, 0.5) is 0 Å². The van der Waals surface area contributed by atoms with E-state index in [9.17, 15) is 9.90 Å². The molecule has 17 heavy (non-hydrogen) atoms. The molecular weight excluding hydrogens is 216 g/mol. The molecular formula is C13H28N2O2. The van der Waals surface area contributed by atoms with Crippen LogP contribution in [0.5, 0.6) is 0 Å². The highest BCUT2D eigenvalue weighted by Crippen LogP contribution is 2.03. The first kappa shape index (κ1) is 16.4. The highest BCUT2D eigenvalue weighted by molar-refractivity contribution is 5.81.